The number of benzene rings is 1. The lowest BCUT2D eigenvalue weighted by molar-refractivity contribution is -0.144. The largest absolute Gasteiger partial charge is 0.470 e. The highest BCUT2D eigenvalue weighted by molar-refractivity contribution is 7.92. The van der Waals surface area contributed by atoms with Crippen molar-refractivity contribution in [3.05, 3.63) is 47.8 Å². The molecule has 1 unspecified atom stereocenters. The molecule has 2 amide bonds. The summed E-state index contributed by atoms with van der Waals surface area (Å²) >= 11 is 0. The van der Waals surface area contributed by atoms with Gasteiger partial charge in [0.15, 0.2) is 0 Å². The Labute approximate surface area is 233 Å². The van der Waals surface area contributed by atoms with E-state index >= 15 is 0 Å². The van der Waals surface area contributed by atoms with Crippen LogP contribution < -0.4 is 9.46 Å². The second kappa shape index (κ2) is 10.5. The second-order valence-corrected chi connectivity index (χ2v) is 12.3. The van der Waals surface area contributed by atoms with Crippen LogP contribution in [-0.2, 0) is 26.7 Å². The van der Waals surface area contributed by atoms with E-state index in [0.717, 1.165) is 16.7 Å². The average Bonchev–Trinajstić information content (AvgIpc) is 3.46. The van der Waals surface area contributed by atoms with E-state index < -0.39 is 10.0 Å². The smallest absolute Gasteiger partial charge is 0.267 e. The molecule has 4 heterocycles. The Morgan fingerprint density at radius 2 is 1.82 bits per heavy atom. The van der Waals surface area contributed by atoms with Crippen molar-refractivity contribution in [2.45, 2.75) is 51.2 Å². The number of amides is 2. The number of hydrogen-bond acceptors (Lipinski definition) is 8. The summed E-state index contributed by atoms with van der Waals surface area (Å²) in [6.45, 7) is 8.93. The summed E-state index contributed by atoms with van der Waals surface area (Å²) in [6, 6.07) is 7.59. The van der Waals surface area contributed by atoms with Crippen molar-refractivity contribution in [3.63, 3.8) is 0 Å². The van der Waals surface area contributed by atoms with E-state index in [1.165, 1.54) is 17.1 Å². The van der Waals surface area contributed by atoms with Crippen LogP contribution in [0.15, 0.2) is 41.6 Å². The van der Waals surface area contributed by atoms with Gasteiger partial charge in [-0.1, -0.05) is 18.2 Å². The van der Waals surface area contributed by atoms with Gasteiger partial charge in [-0.25, -0.2) is 18.1 Å². The van der Waals surface area contributed by atoms with Crippen LogP contribution in [0.3, 0.4) is 0 Å². The zero-order valence-electron chi connectivity index (χ0n) is 23.2. The van der Waals surface area contributed by atoms with Gasteiger partial charge in [-0.2, -0.15) is 10.1 Å². The number of hydrogen-bond donors (Lipinski definition) is 1. The van der Waals surface area contributed by atoms with Gasteiger partial charge in [0.1, 0.15) is 11.0 Å². The number of sulfonamides is 1. The van der Waals surface area contributed by atoms with E-state index in [1.54, 1.807) is 22.9 Å². The molecule has 40 heavy (non-hydrogen) atoms. The quantitative estimate of drug-likeness (QED) is 0.437. The molecule has 2 aliphatic rings. The van der Waals surface area contributed by atoms with E-state index in [-0.39, 0.29) is 53.0 Å². The molecule has 1 atom stereocenters. The van der Waals surface area contributed by atoms with Gasteiger partial charge in [-0.05, 0) is 38.8 Å². The average molecular weight is 568 g/mol. The maximum atomic E-state index is 13.0. The fraction of sp³-hybridized carbons (Fsp3) is 0.444. The number of nitrogens with zero attached hydrogens (tertiary/aromatic N) is 6. The highest BCUT2D eigenvalue weighted by atomic mass is 32.2. The number of likely N-dealkylation sites (tertiary alicyclic amines) is 2. The van der Waals surface area contributed by atoms with Gasteiger partial charge < -0.3 is 14.5 Å². The summed E-state index contributed by atoms with van der Waals surface area (Å²) in [6.07, 6.45) is 2.52. The molecule has 13 heteroatoms. The first-order valence-corrected chi connectivity index (χ1v) is 14.6. The van der Waals surface area contributed by atoms with E-state index in [2.05, 4.69) is 19.8 Å². The van der Waals surface area contributed by atoms with Gasteiger partial charge in [0.05, 0.1) is 30.9 Å². The molecule has 212 valence electrons. The number of anilines is 1. The van der Waals surface area contributed by atoms with Crippen LogP contribution in [-0.4, -0.2) is 81.6 Å². The minimum absolute atomic E-state index is 0.00273. The number of ether oxygens (including phenoxy) is 1. The lowest BCUT2D eigenvalue weighted by Crippen LogP contribution is -2.58. The van der Waals surface area contributed by atoms with E-state index in [4.69, 9.17) is 4.74 Å². The van der Waals surface area contributed by atoms with Crippen LogP contribution in [0.1, 0.15) is 31.4 Å². The summed E-state index contributed by atoms with van der Waals surface area (Å²) in [5, 5.41) is 3.93. The zero-order valence-corrected chi connectivity index (χ0v) is 24.0. The lowest BCUT2D eigenvalue weighted by atomic mass is 10.00. The first kappa shape index (κ1) is 27.6. The van der Waals surface area contributed by atoms with Crippen LogP contribution in [0, 0.1) is 19.8 Å². The molecule has 1 aromatic carbocycles. The third-order valence-corrected chi connectivity index (χ3v) is 8.52. The van der Waals surface area contributed by atoms with Crippen molar-refractivity contribution in [2.24, 2.45) is 13.0 Å². The summed E-state index contributed by atoms with van der Waals surface area (Å²) in [7, 11) is -2.37. The predicted octanol–water partition coefficient (Wildman–Crippen LogP) is 2.14. The molecule has 0 saturated carbocycles. The van der Waals surface area contributed by atoms with Gasteiger partial charge in [0, 0.05) is 43.9 Å². The fourth-order valence-electron chi connectivity index (χ4n) is 5.11. The molecule has 2 fully saturated rings. The Balaban J connectivity index is 1.35. The molecule has 2 aromatic heterocycles. The molecule has 5 rings (SSSR count). The number of aromatic nitrogens is 4. The first-order chi connectivity index (χ1) is 18.9. The minimum atomic E-state index is -3.99. The molecule has 2 aliphatic heterocycles. The van der Waals surface area contributed by atoms with Crippen molar-refractivity contribution in [1.29, 1.82) is 0 Å². The van der Waals surface area contributed by atoms with Crippen molar-refractivity contribution in [3.8, 4) is 17.1 Å². The molecule has 0 radical (unpaired) electrons. The molecular weight excluding hydrogens is 534 g/mol. The third-order valence-electron chi connectivity index (χ3n) is 7.24. The van der Waals surface area contributed by atoms with Crippen LogP contribution in [0.2, 0.25) is 0 Å². The maximum absolute atomic E-state index is 13.0. The summed E-state index contributed by atoms with van der Waals surface area (Å²) < 4.78 is 35.9. The molecular formula is C27H33N7O5S. The van der Waals surface area contributed by atoms with Crippen LogP contribution in [0.5, 0.6) is 5.88 Å². The second-order valence-electron chi connectivity index (χ2n) is 10.7. The standard InChI is InChI=1S/C27H33N7O5S/c1-16(2)34-12-19(9-24(34)35)26(36)33-13-20(14-33)39-23-10-22(25-17(3)7-6-8-18(25)4)29-27(30-23)31-40(37,38)21-11-28-32(5)15-21/h6-8,10-11,15-16,19-20H,9,12-14H2,1-5H3,(H,29,30,31). The Morgan fingerprint density at radius 1 is 1.12 bits per heavy atom. The Morgan fingerprint density at radius 3 is 2.42 bits per heavy atom. The Bertz CT molecular complexity index is 1540. The van der Waals surface area contributed by atoms with Gasteiger partial charge in [-0.15, -0.1) is 0 Å². The molecule has 2 saturated heterocycles. The molecule has 0 bridgehead atoms. The van der Waals surface area contributed by atoms with Crippen LogP contribution in [0.25, 0.3) is 11.3 Å². The van der Waals surface area contributed by atoms with Crippen molar-refractivity contribution in [1.82, 2.24) is 29.5 Å². The van der Waals surface area contributed by atoms with E-state index in [0.29, 0.717) is 25.3 Å². The first-order valence-electron chi connectivity index (χ1n) is 13.1. The lowest BCUT2D eigenvalue weighted by Gasteiger charge is -2.40. The number of nitrogens with one attached hydrogen (secondary N) is 1. The Hall–Kier alpha value is -4.00. The monoisotopic (exact) mass is 567 g/mol. The highest BCUT2D eigenvalue weighted by Crippen LogP contribution is 2.31. The summed E-state index contributed by atoms with van der Waals surface area (Å²) in [5.74, 6) is -0.345. The molecule has 3 aromatic rings. The summed E-state index contributed by atoms with van der Waals surface area (Å²) in [5.41, 5.74) is 3.29. The van der Waals surface area contributed by atoms with E-state index in [9.17, 15) is 18.0 Å². The third kappa shape index (κ3) is 5.51. The summed E-state index contributed by atoms with van der Waals surface area (Å²) in [4.78, 5) is 37.5. The van der Waals surface area contributed by atoms with Crippen molar-refractivity contribution in [2.75, 3.05) is 24.4 Å². The van der Waals surface area contributed by atoms with Crippen molar-refractivity contribution < 1.29 is 22.7 Å². The van der Waals surface area contributed by atoms with Gasteiger partial charge >= 0.3 is 0 Å². The molecule has 1 N–H and O–H groups in total. The van der Waals surface area contributed by atoms with Gasteiger partial charge in [0.25, 0.3) is 10.0 Å². The number of carbonyl (C=O) groups is 2. The number of aryl methyl sites for hydroxylation is 3. The number of carbonyl (C=O) groups excluding carboxylic acids is 2. The van der Waals surface area contributed by atoms with Crippen LogP contribution in [0.4, 0.5) is 5.95 Å². The fourth-order valence-corrected chi connectivity index (χ4v) is 6.04. The highest BCUT2D eigenvalue weighted by Gasteiger charge is 2.41. The van der Waals surface area contributed by atoms with Crippen LogP contribution >= 0.6 is 0 Å². The van der Waals surface area contributed by atoms with Crippen molar-refractivity contribution >= 4 is 27.8 Å². The normalized spacial score (nSPS) is 17.9. The predicted molar refractivity (Wildman–Crippen MR) is 147 cm³/mol. The topological polar surface area (TPSA) is 140 Å². The zero-order chi connectivity index (χ0) is 28.8. The van der Waals surface area contributed by atoms with Gasteiger partial charge in [-0.3, -0.25) is 14.3 Å². The van der Waals surface area contributed by atoms with E-state index in [1.807, 2.05) is 45.9 Å². The Kier molecular flexibility index (Phi) is 7.25. The molecule has 12 nitrogen and oxygen atoms in total. The number of rotatable bonds is 8. The minimum Gasteiger partial charge on any atom is -0.470 e. The SMILES string of the molecule is Cc1cccc(C)c1-c1cc(OC2CN(C(=O)C3CC(=O)N(C(C)C)C3)C2)nc(NS(=O)(=O)c2cnn(C)c2)n1. The van der Waals surface area contributed by atoms with Gasteiger partial charge in [0.2, 0.25) is 23.6 Å². The molecule has 0 spiro atoms. The molecule has 0 aliphatic carbocycles. The maximum Gasteiger partial charge on any atom is 0.267 e.